The average Bonchev–Trinajstić information content (AvgIpc) is 3.81. The van der Waals surface area contributed by atoms with Crippen molar-refractivity contribution >= 4 is 39.6 Å². The summed E-state index contributed by atoms with van der Waals surface area (Å²) < 4.78 is 0. The monoisotopic (exact) mass is 797 g/mol. The van der Waals surface area contributed by atoms with Crippen molar-refractivity contribution in [3.05, 3.63) is 233 Å². The third-order valence-electron chi connectivity index (χ3n) is 14.7. The van der Waals surface area contributed by atoms with Crippen molar-refractivity contribution < 1.29 is 0 Å². The van der Waals surface area contributed by atoms with Crippen molar-refractivity contribution in [2.24, 2.45) is 0 Å². The van der Waals surface area contributed by atoms with Gasteiger partial charge in [0.15, 0.2) is 0 Å². The molecule has 3 aliphatic carbocycles. The lowest BCUT2D eigenvalue weighted by Crippen LogP contribution is -2.32. The highest BCUT2D eigenvalue weighted by molar-refractivity contribution is 7.99. The Morgan fingerprint density at radius 3 is 1.33 bits per heavy atom. The molecule has 9 aromatic rings. The zero-order valence-corrected chi connectivity index (χ0v) is 35.6. The zero-order valence-electron chi connectivity index (χ0n) is 34.8. The van der Waals surface area contributed by atoms with Gasteiger partial charge in [0, 0.05) is 37.7 Å². The van der Waals surface area contributed by atoms with E-state index in [4.69, 9.17) is 0 Å². The molecule has 13 rings (SSSR count). The Balaban J connectivity index is 1.09. The molecule has 290 valence electrons. The Labute approximate surface area is 362 Å². The van der Waals surface area contributed by atoms with Crippen LogP contribution < -0.4 is 4.90 Å². The smallest absolute Gasteiger partial charge is 0.0736 e. The van der Waals surface area contributed by atoms with Crippen molar-refractivity contribution in [3.63, 3.8) is 0 Å². The van der Waals surface area contributed by atoms with E-state index in [0.29, 0.717) is 0 Å². The summed E-state index contributed by atoms with van der Waals surface area (Å²) in [6.07, 6.45) is 0. The van der Waals surface area contributed by atoms with Crippen LogP contribution in [0.3, 0.4) is 0 Å². The standard InChI is InChI=1S/C59H43NS/c1-57(2)47-21-11-7-17-41(47)45-29-26-37(33-52(45)57)60(38-27-30-46-42-18-8-12-22-48(42)58(3,4)53(46)34-38)39-28-32-55-54(35-39)59(51-31-25-36-15-5-6-16-40(36)56(51)61-55)49-23-13-9-19-43(49)44-20-10-14-24-50(44)59/h5-35H,1-4H3. The summed E-state index contributed by atoms with van der Waals surface area (Å²) in [4.78, 5) is 5.19. The van der Waals surface area contributed by atoms with Gasteiger partial charge in [0.25, 0.3) is 0 Å². The third kappa shape index (κ3) is 4.53. The largest absolute Gasteiger partial charge is 0.310 e. The molecule has 2 heteroatoms. The van der Waals surface area contributed by atoms with Gasteiger partial charge >= 0.3 is 0 Å². The molecule has 1 nitrogen and oxygen atoms in total. The first-order valence-electron chi connectivity index (χ1n) is 21.6. The van der Waals surface area contributed by atoms with E-state index in [1.54, 1.807) is 0 Å². The van der Waals surface area contributed by atoms with Gasteiger partial charge in [-0.05, 0) is 131 Å². The Morgan fingerprint density at radius 1 is 0.344 bits per heavy atom. The van der Waals surface area contributed by atoms with Crippen molar-refractivity contribution in [1.29, 1.82) is 0 Å². The fraction of sp³-hybridized carbons (Fsp3) is 0.119. The summed E-state index contributed by atoms with van der Waals surface area (Å²) in [6.45, 7) is 9.54. The predicted molar refractivity (Wildman–Crippen MR) is 255 cm³/mol. The van der Waals surface area contributed by atoms with E-state index in [2.05, 4.69) is 221 Å². The Hall–Kier alpha value is -6.61. The summed E-state index contributed by atoms with van der Waals surface area (Å²) in [5, 5.41) is 2.59. The molecule has 0 saturated carbocycles. The van der Waals surface area contributed by atoms with E-state index in [1.165, 1.54) is 110 Å². The second-order valence-corrected chi connectivity index (χ2v) is 19.5. The highest BCUT2D eigenvalue weighted by atomic mass is 32.2. The second-order valence-electron chi connectivity index (χ2n) is 18.4. The molecule has 0 bridgehead atoms. The number of rotatable bonds is 3. The van der Waals surface area contributed by atoms with Crippen LogP contribution in [0.1, 0.15) is 72.2 Å². The summed E-state index contributed by atoms with van der Waals surface area (Å²) >= 11 is 1.93. The normalized spacial score (nSPS) is 15.9. The molecule has 0 amide bonds. The van der Waals surface area contributed by atoms with Gasteiger partial charge in [-0.15, -0.1) is 0 Å². The minimum atomic E-state index is -0.502. The molecular formula is C59H43NS. The van der Waals surface area contributed by atoms with Crippen LogP contribution in [0, 0.1) is 0 Å². The van der Waals surface area contributed by atoms with Gasteiger partial charge in [-0.25, -0.2) is 0 Å². The third-order valence-corrected chi connectivity index (χ3v) is 15.9. The first-order valence-corrected chi connectivity index (χ1v) is 22.4. The molecule has 1 spiro atoms. The topological polar surface area (TPSA) is 3.24 Å². The summed E-state index contributed by atoms with van der Waals surface area (Å²) in [5.41, 5.74) is 21.7. The maximum absolute atomic E-state index is 2.54. The van der Waals surface area contributed by atoms with Crippen molar-refractivity contribution in [2.45, 2.75) is 53.7 Å². The molecule has 0 aromatic heterocycles. The first-order chi connectivity index (χ1) is 29.8. The van der Waals surface area contributed by atoms with Crippen molar-refractivity contribution in [1.82, 2.24) is 0 Å². The number of hydrogen-bond acceptors (Lipinski definition) is 2. The molecule has 0 unspecified atom stereocenters. The van der Waals surface area contributed by atoms with Crippen LogP contribution in [0.2, 0.25) is 0 Å². The molecule has 1 heterocycles. The molecule has 0 radical (unpaired) electrons. The minimum Gasteiger partial charge on any atom is -0.310 e. The predicted octanol–water partition coefficient (Wildman–Crippen LogP) is 15.7. The number of benzene rings is 9. The van der Waals surface area contributed by atoms with Gasteiger partial charge in [-0.1, -0.05) is 185 Å². The lowest BCUT2D eigenvalue weighted by atomic mass is 9.67. The van der Waals surface area contributed by atoms with Crippen LogP contribution in [0.4, 0.5) is 17.1 Å². The van der Waals surface area contributed by atoms with Gasteiger partial charge in [0.2, 0.25) is 0 Å². The van der Waals surface area contributed by atoms with E-state index in [0.717, 1.165) is 5.69 Å². The van der Waals surface area contributed by atoms with Gasteiger partial charge in [0.05, 0.1) is 5.41 Å². The number of fused-ring (bicyclic) bond motifs is 17. The summed E-state index contributed by atoms with van der Waals surface area (Å²) in [7, 11) is 0. The number of nitrogens with zero attached hydrogens (tertiary/aromatic N) is 1. The van der Waals surface area contributed by atoms with Crippen LogP contribution >= 0.6 is 11.8 Å². The minimum absolute atomic E-state index is 0.129. The van der Waals surface area contributed by atoms with E-state index in [9.17, 15) is 0 Å². The van der Waals surface area contributed by atoms with Crippen molar-refractivity contribution in [3.8, 4) is 33.4 Å². The maximum Gasteiger partial charge on any atom is 0.0736 e. The molecule has 9 aromatic carbocycles. The highest BCUT2D eigenvalue weighted by Crippen LogP contribution is 2.64. The van der Waals surface area contributed by atoms with Gasteiger partial charge in [-0.3, -0.25) is 0 Å². The van der Waals surface area contributed by atoms with Crippen molar-refractivity contribution in [2.75, 3.05) is 4.90 Å². The maximum atomic E-state index is 2.54. The molecule has 61 heavy (non-hydrogen) atoms. The molecule has 4 aliphatic rings. The summed E-state index contributed by atoms with van der Waals surface area (Å²) in [5.74, 6) is 0. The highest BCUT2D eigenvalue weighted by Gasteiger charge is 2.51. The Kier molecular flexibility index (Phi) is 7.06. The number of anilines is 3. The van der Waals surface area contributed by atoms with E-state index >= 15 is 0 Å². The van der Waals surface area contributed by atoms with Crippen LogP contribution in [0.25, 0.3) is 44.2 Å². The summed E-state index contributed by atoms with van der Waals surface area (Å²) in [6, 6.07) is 71.7. The lowest BCUT2D eigenvalue weighted by Gasteiger charge is -2.41. The molecule has 0 atom stereocenters. The fourth-order valence-electron chi connectivity index (χ4n) is 11.9. The quantitative estimate of drug-likeness (QED) is 0.175. The van der Waals surface area contributed by atoms with Crippen LogP contribution in [-0.2, 0) is 16.2 Å². The first kappa shape index (κ1) is 35.2. The second kappa shape index (κ2) is 12.2. The molecular weight excluding hydrogens is 755 g/mol. The fourth-order valence-corrected chi connectivity index (χ4v) is 13.2. The zero-order chi connectivity index (χ0) is 40.8. The Morgan fingerprint density at radius 2 is 0.770 bits per heavy atom. The van der Waals surface area contributed by atoms with E-state index in [-0.39, 0.29) is 10.8 Å². The van der Waals surface area contributed by atoms with E-state index in [1.807, 2.05) is 11.8 Å². The molecule has 1 aliphatic heterocycles. The van der Waals surface area contributed by atoms with Crippen LogP contribution in [0.15, 0.2) is 198 Å². The number of hydrogen-bond donors (Lipinski definition) is 0. The van der Waals surface area contributed by atoms with E-state index < -0.39 is 5.41 Å². The van der Waals surface area contributed by atoms with Gasteiger partial charge in [-0.2, -0.15) is 0 Å². The van der Waals surface area contributed by atoms with Crippen LogP contribution in [-0.4, -0.2) is 0 Å². The Bertz CT molecular complexity index is 3210. The lowest BCUT2D eigenvalue weighted by molar-refractivity contribution is 0.660. The van der Waals surface area contributed by atoms with Gasteiger partial charge < -0.3 is 4.90 Å². The SMILES string of the molecule is CC1(C)c2ccccc2-c2ccc(N(c3ccc4c(c3)C(C)(C)c3ccccc3-4)c3ccc4c(c3)C3(c5ccccc5-c5ccccc53)c3ccc5ccccc5c3S4)cc21. The molecule has 0 fully saturated rings. The van der Waals surface area contributed by atoms with Gasteiger partial charge in [0.1, 0.15) is 0 Å². The molecule has 0 saturated heterocycles. The molecule has 0 N–H and O–H groups in total. The van der Waals surface area contributed by atoms with Crippen LogP contribution in [0.5, 0.6) is 0 Å². The average molecular weight is 798 g/mol.